The lowest BCUT2D eigenvalue weighted by molar-refractivity contribution is -0.113. The van der Waals surface area contributed by atoms with Crippen LogP contribution in [-0.2, 0) is 11.8 Å². The highest BCUT2D eigenvalue weighted by Crippen LogP contribution is 2.21. The summed E-state index contributed by atoms with van der Waals surface area (Å²) in [5.74, 6) is 0.743. The van der Waals surface area contributed by atoms with Gasteiger partial charge in [0.25, 0.3) is 0 Å². The molecule has 0 atom stereocenters. The molecule has 0 radical (unpaired) electrons. The van der Waals surface area contributed by atoms with Crippen LogP contribution in [0.4, 0.5) is 5.69 Å². The van der Waals surface area contributed by atoms with Crippen LogP contribution in [0.2, 0.25) is 0 Å². The van der Waals surface area contributed by atoms with E-state index in [1.54, 1.807) is 23.2 Å². The summed E-state index contributed by atoms with van der Waals surface area (Å²) in [7, 11) is 1.83. The number of carbonyl (C=O) groups is 1. The van der Waals surface area contributed by atoms with Crippen molar-refractivity contribution < 1.29 is 4.79 Å². The second-order valence-electron chi connectivity index (χ2n) is 4.80. The molecule has 3 rings (SSSR count). The zero-order valence-corrected chi connectivity index (χ0v) is 15.1. The average molecular weight is 405 g/mol. The summed E-state index contributed by atoms with van der Waals surface area (Å²) in [4.78, 5) is 20.3. The largest absolute Gasteiger partial charge is 0.325 e. The van der Waals surface area contributed by atoms with Crippen molar-refractivity contribution >= 4 is 39.3 Å². The zero-order chi connectivity index (χ0) is 16.9. The van der Waals surface area contributed by atoms with Crippen molar-refractivity contribution in [3.05, 3.63) is 47.3 Å². The first kappa shape index (κ1) is 16.6. The first-order chi connectivity index (χ1) is 11.6. The molecule has 1 aromatic carbocycles. The predicted octanol–water partition coefficient (Wildman–Crippen LogP) is 2.77. The molecule has 7 nitrogen and oxygen atoms in total. The third kappa shape index (κ3) is 3.98. The SMILES string of the molecule is Cn1c(SCC(=O)Nc2ccc(Br)cc2)nnc1-c1cnccn1. The first-order valence-electron chi connectivity index (χ1n) is 6.97. The number of hydrogen-bond donors (Lipinski definition) is 1. The minimum Gasteiger partial charge on any atom is -0.325 e. The standard InChI is InChI=1S/C15H13BrN6OS/c1-22-14(12-8-17-6-7-18-12)20-21-15(22)24-9-13(23)19-11-4-2-10(16)3-5-11/h2-8H,9H2,1H3,(H,19,23). The van der Waals surface area contributed by atoms with Crippen LogP contribution < -0.4 is 5.32 Å². The van der Waals surface area contributed by atoms with Crippen LogP contribution >= 0.6 is 27.7 Å². The molecule has 0 bridgehead atoms. The molecule has 0 spiro atoms. The number of nitrogens with one attached hydrogen (secondary N) is 1. The lowest BCUT2D eigenvalue weighted by atomic mass is 10.3. The summed E-state index contributed by atoms with van der Waals surface area (Å²) in [6, 6.07) is 7.42. The Morgan fingerprint density at radius 1 is 1.25 bits per heavy atom. The van der Waals surface area contributed by atoms with Crippen LogP contribution in [0, 0.1) is 0 Å². The highest BCUT2D eigenvalue weighted by atomic mass is 79.9. The Bertz CT molecular complexity index is 837. The third-order valence-electron chi connectivity index (χ3n) is 3.09. The maximum atomic E-state index is 12.0. The van der Waals surface area contributed by atoms with Gasteiger partial charge in [0, 0.05) is 29.6 Å². The maximum Gasteiger partial charge on any atom is 0.234 e. The van der Waals surface area contributed by atoms with Gasteiger partial charge in [-0.2, -0.15) is 0 Å². The van der Waals surface area contributed by atoms with Crippen molar-refractivity contribution in [2.75, 3.05) is 11.1 Å². The van der Waals surface area contributed by atoms with Gasteiger partial charge in [0.15, 0.2) is 11.0 Å². The normalized spacial score (nSPS) is 10.6. The fraction of sp³-hybridized carbons (Fsp3) is 0.133. The van der Waals surface area contributed by atoms with Crippen LogP contribution in [0.1, 0.15) is 0 Å². The number of amides is 1. The van der Waals surface area contributed by atoms with Crippen molar-refractivity contribution in [1.29, 1.82) is 0 Å². The van der Waals surface area contributed by atoms with Gasteiger partial charge in [0.1, 0.15) is 5.69 Å². The number of benzene rings is 1. The lowest BCUT2D eigenvalue weighted by Gasteiger charge is -2.05. The van der Waals surface area contributed by atoms with Crippen LogP contribution in [0.3, 0.4) is 0 Å². The Kier molecular flexibility index (Phi) is 5.21. The van der Waals surface area contributed by atoms with E-state index in [1.807, 2.05) is 31.3 Å². The fourth-order valence-corrected chi connectivity index (χ4v) is 2.91. The Labute approximate surface area is 151 Å². The van der Waals surface area contributed by atoms with E-state index in [0.29, 0.717) is 16.7 Å². The summed E-state index contributed by atoms with van der Waals surface area (Å²) in [5, 5.41) is 11.7. The smallest absolute Gasteiger partial charge is 0.234 e. The Hall–Kier alpha value is -2.26. The molecule has 2 heterocycles. The van der Waals surface area contributed by atoms with Gasteiger partial charge in [-0.05, 0) is 24.3 Å². The van der Waals surface area contributed by atoms with Gasteiger partial charge in [-0.15, -0.1) is 10.2 Å². The fourth-order valence-electron chi connectivity index (χ4n) is 1.94. The van der Waals surface area contributed by atoms with Crippen LogP contribution in [0.15, 0.2) is 52.5 Å². The van der Waals surface area contributed by atoms with E-state index in [2.05, 4.69) is 41.4 Å². The molecule has 0 aliphatic heterocycles. The second kappa shape index (κ2) is 7.54. The molecule has 0 saturated carbocycles. The van der Waals surface area contributed by atoms with Crippen LogP contribution in [-0.4, -0.2) is 36.4 Å². The van der Waals surface area contributed by atoms with Crippen LogP contribution in [0.25, 0.3) is 11.5 Å². The lowest BCUT2D eigenvalue weighted by Crippen LogP contribution is -2.14. The molecule has 3 aromatic rings. The Balaban J connectivity index is 1.62. The summed E-state index contributed by atoms with van der Waals surface area (Å²) in [6.07, 6.45) is 4.82. The van der Waals surface area contributed by atoms with Gasteiger partial charge in [-0.25, -0.2) is 4.98 Å². The molecule has 1 amide bonds. The van der Waals surface area contributed by atoms with Gasteiger partial charge in [0.05, 0.1) is 11.9 Å². The van der Waals surface area contributed by atoms with E-state index in [1.165, 1.54) is 11.8 Å². The number of halogens is 1. The molecule has 0 unspecified atom stereocenters. The molecule has 2 aromatic heterocycles. The topological polar surface area (TPSA) is 85.6 Å². The molecule has 122 valence electrons. The number of anilines is 1. The van der Waals surface area contributed by atoms with Gasteiger partial charge >= 0.3 is 0 Å². The van der Waals surface area contributed by atoms with Gasteiger partial charge < -0.3 is 9.88 Å². The number of carbonyl (C=O) groups excluding carboxylic acids is 1. The van der Waals surface area contributed by atoms with Crippen molar-refractivity contribution in [1.82, 2.24) is 24.7 Å². The Morgan fingerprint density at radius 3 is 2.75 bits per heavy atom. The number of rotatable bonds is 5. The second-order valence-corrected chi connectivity index (χ2v) is 6.66. The van der Waals surface area contributed by atoms with E-state index in [9.17, 15) is 4.79 Å². The summed E-state index contributed by atoms with van der Waals surface area (Å²) < 4.78 is 2.76. The molecular weight excluding hydrogens is 392 g/mol. The number of hydrogen-bond acceptors (Lipinski definition) is 6. The number of nitrogens with zero attached hydrogens (tertiary/aromatic N) is 5. The molecule has 0 aliphatic carbocycles. The van der Waals surface area contributed by atoms with Gasteiger partial charge in [0.2, 0.25) is 5.91 Å². The predicted molar refractivity (Wildman–Crippen MR) is 95.5 cm³/mol. The van der Waals surface area contributed by atoms with E-state index in [-0.39, 0.29) is 11.7 Å². The van der Waals surface area contributed by atoms with Crippen molar-refractivity contribution in [2.45, 2.75) is 5.16 Å². The quantitative estimate of drug-likeness (QED) is 0.657. The zero-order valence-electron chi connectivity index (χ0n) is 12.7. The maximum absolute atomic E-state index is 12.0. The van der Waals surface area contributed by atoms with E-state index in [4.69, 9.17) is 0 Å². The van der Waals surface area contributed by atoms with Crippen LogP contribution in [0.5, 0.6) is 0 Å². The highest BCUT2D eigenvalue weighted by Gasteiger charge is 2.13. The minimum absolute atomic E-state index is 0.105. The minimum atomic E-state index is -0.105. The highest BCUT2D eigenvalue weighted by molar-refractivity contribution is 9.10. The molecule has 0 saturated heterocycles. The third-order valence-corrected chi connectivity index (χ3v) is 4.64. The van der Waals surface area contributed by atoms with Crippen molar-refractivity contribution in [2.24, 2.45) is 7.05 Å². The van der Waals surface area contributed by atoms with Gasteiger partial charge in [-0.3, -0.25) is 9.78 Å². The molecule has 24 heavy (non-hydrogen) atoms. The summed E-state index contributed by atoms with van der Waals surface area (Å²) >= 11 is 4.67. The van der Waals surface area contributed by atoms with Crippen molar-refractivity contribution in [3.63, 3.8) is 0 Å². The van der Waals surface area contributed by atoms with E-state index in [0.717, 1.165) is 10.2 Å². The molecule has 0 aliphatic rings. The molecule has 1 N–H and O–H groups in total. The van der Waals surface area contributed by atoms with Crippen molar-refractivity contribution in [3.8, 4) is 11.5 Å². The molecule has 0 fully saturated rings. The molecule has 9 heteroatoms. The monoisotopic (exact) mass is 404 g/mol. The first-order valence-corrected chi connectivity index (χ1v) is 8.75. The van der Waals surface area contributed by atoms with Gasteiger partial charge in [-0.1, -0.05) is 27.7 Å². The summed E-state index contributed by atoms with van der Waals surface area (Å²) in [6.45, 7) is 0. The number of thioether (sulfide) groups is 1. The van der Waals surface area contributed by atoms with E-state index >= 15 is 0 Å². The summed E-state index contributed by atoms with van der Waals surface area (Å²) in [5.41, 5.74) is 1.39. The number of aromatic nitrogens is 5. The average Bonchev–Trinajstić information content (AvgIpc) is 2.97. The molecular formula is C15H13BrN6OS. The Morgan fingerprint density at radius 2 is 2.04 bits per heavy atom. The van der Waals surface area contributed by atoms with E-state index < -0.39 is 0 Å².